The van der Waals surface area contributed by atoms with Crippen LogP contribution >= 0.6 is 11.8 Å². The second-order valence-electron chi connectivity index (χ2n) is 6.26. The van der Waals surface area contributed by atoms with Gasteiger partial charge in [-0.15, -0.1) is 0 Å². The van der Waals surface area contributed by atoms with Crippen LogP contribution in [-0.4, -0.2) is 71.7 Å². The number of carbonyl (C=O) groups is 2. The van der Waals surface area contributed by atoms with Gasteiger partial charge in [0.2, 0.25) is 0 Å². The zero-order chi connectivity index (χ0) is 26.8. The Bertz CT molecular complexity index is 645. The SMILES string of the molecule is CC(CSCC(C)OC(=O)C(F)(F)C(F)(F)C(F)(F)F)OC(=O)C(F)(F)C(F)(F)C(F)(F)F. The van der Waals surface area contributed by atoms with Gasteiger partial charge in [-0.3, -0.25) is 0 Å². The molecule has 0 saturated carbocycles. The third-order valence-corrected chi connectivity index (χ3v) is 4.75. The number of rotatable bonds is 10. The highest BCUT2D eigenvalue weighted by Gasteiger charge is 2.78. The van der Waals surface area contributed by atoms with Crippen LogP contribution in [0.15, 0.2) is 0 Å². The van der Waals surface area contributed by atoms with Gasteiger partial charge in [-0.1, -0.05) is 0 Å². The van der Waals surface area contributed by atoms with Gasteiger partial charge in [0.25, 0.3) is 0 Å². The van der Waals surface area contributed by atoms with Crippen molar-refractivity contribution >= 4 is 23.7 Å². The summed E-state index contributed by atoms with van der Waals surface area (Å²) in [6.07, 6.45) is -17.2. The smallest absolute Gasteiger partial charge is 0.457 e. The summed E-state index contributed by atoms with van der Waals surface area (Å²) >= 11 is 0.337. The maximum atomic E-state index is 13.1. The highest BCUT2D eigenvalue weighted by molar-refractivity contribution is 7.99. The Labute approximate surface area is 178 Å². The first-order valence-electron chi connectivity index (χ1n) is 7.98. The van der Waals surface area contributed by atoms with Crippen LogP contribution in [0.1, 0.15) is 13.8 Å². The van der Waals surface area contributed by atoms with Gasteiger partial charge in [0.15, 0.2) is 0 Å². The average Bonchev–Trinajstić information content (AvgIpc) is 2.58. The van der Waals surface area contributed by atoms with Crippen molar-refractivity contribution < 1.29 is 80.5 Å². The molecule has 0 amide bonds. The van der Waals surface area contributed by atoms with E-state index in [0.29, 0.717) is 11.8 Å². The van der Waals surface area contributed by atoms with Crippen molar-refractivity contribution in [1.29, 1.82) is 0 Å². The molecule has 0 aliphatic heterocycles. The molecule has 0 aliphatic carbocycles. The van der Waals surface area contributed by atoms with Crippen LogP contribution in [-0.2, 0) is 19.1 Å². The fraction of sp³-hybridized carbons (Fsp3) is 0.857. The molecule has 0 bridgehead atoms. The third kappa shape index (κ3) is 6.68. The van der Waals surface area contributed by atoms with Crippen molar-refractivity contribution in [1.82, 2.24) is 0 Å². The van der Waals surface area contributed by atoms with Gasteiger partial charge in [-0.2, -0.15) is 73.2 Å². The molecule has 0 aromatic heterocycles. The highest BCUT2D eigenvalue weighted by Crippen LogP contribution is 2.48. The van der Waals surface area contributed by atoms with Crippen LogP contribution in [0.2, 0.25) is 0 Å². The molecule has 0 aromatic rings. The second-order valence-corrected chi connectivity index (χ2v) is 7.34. The Morgan fingerprint density at radius 2 is 0.848 bits per heavy atom. The van der Waals surface area contributed by atoms with Crippen molar-refractivity contribution in [3.8, 4) is 0 Å². The van der Waals surface area contributed by atoms with Gasteiger partial charge in [0, 0.05) is 11.5 Å². The van der Waals surface area contributed by atoms with Crippen LogP contribution in [0.4, 0.5) is 61.5 Å². The number of esters is 2. The molecule has 0 fully saturated rings. The first-order chi connectivity index (χ1) is 14.3. The summed E-state index contributed by atoms with van der Waals surface area (Å²) in [5.74, 6) is -34.1. The van der Waals surface area contributed by atoms with Crippen molar-refractivity contribution in [3.05, 3.63) is 0 Å². The first-order valence-corrected chi connectivity index (χ1v) is 9.14. The number of hydrogen-bond acceptors (Lipinski definition) is 5. The molecule has 0 aliphatic rings. The van der Waals surface area contributed by atoms with E-state index < -0.39 is 71.7 Å². The second kappa shape index (κ2) is 9.89. The largest absolute Gasteiger partial charge is 0.460 e. The lowest BCUT2D eigenvalue weighted by Crippen LogP contribution is -2.57. The summed E-state index contributed by atoms with van der Waals surface area (Å²) in [5.41, 5.74) is 0. The van der Waals surface area contributed by atoms with Crippen LogP contribution in [0, 0.1) is 0 Å². The monoisotopic (exact) mass is 542 g/mol. The standard InChI is InChI=1S/C14H12F14O4S/c1-5(31-7(29)9(15,16)11(19,20)13(23,24)25)3-33-4-6(2)32-8(30)10(17,18)12(21,22)14(26,27)28/h5-6H,3-4H2,1-2H3. The summed E-state index contributed by atoms with van der Waals surface area (Å²) in [4.78, 5) is 22.0. The highest BCUT2D eigenvalue weighted by atomic mass is 32.2. The first kappa shape index (κ1) is 31.3. The van der Waals surface area contributed by atoms with Crippen LogP contribution in [0.5, 0.6) is 0 Å². The number of carbonyl (C=O) groups excluding carboxylic acids is 2. The molecule has 0 spiro atoms. The maximum absolute atomic E-state index is 13.1. The fourth-order valence-electron chi connectivity index (χ4n) is 1.59. The molecule has 2 atom stereocenters. The third-order valence-electron chi connectivity index (χ3n) is 3.34. The molecule has 33 heavy (non-hydrogen) atoms. The van der Waals surface area contributed by atoms with E-state index >= 15 is 0 Å². The molecule has 19 heteroatoms. The van der Waals surface area contributed by atoms with Gasteiger partial charge >= 0.3 is 48.0 Å². The minimum absolute atomic E-state index is 0.337. The summed E-state index contributed by atoms with van der Waals surface area (Å²) in [5, 5.41) is 0. The summed E-state index contributed by atoms with van der Waals surface area (Å²) in [7, 11) is 0. The molecule has 0 rings (SSSR count). The van der Waals surface area contributed by atoms with Crippen molar-refractivity contribution in [3.63, 3.8) is 0 Å². The number of ether oxygens (including phenoxy) is 2. The topological polar surface area (TPSA) is 52.6 Å². The molecular formula is C14H12F14O4S. The molecule has 0 heterocycles. The van der Waals surface area contributed by atoms with E-state index in [2.05, 4.69) is 9.47 Å². The Hall–Kier alpha value is -1.69. The predicted molar refractivity (Wildman–Crippen MR) is 80.3 cm³/mol. The predicted octanol–water partition coefficient (Wildman–Crippen LogP) is 5.25. The normalized spacial score (nSPS) is 16.2. The van der Waals surface area contributed by atoms with E-state index in [0.717, 1.165) is 13.8 Å². The van der Waals surface area contributed by atoms with Crippen LogP contribution in [0.3, 0.4) is 0 Å². The van der Waals surface area contributed by atoms with Gasteiger partial charge < -0.3 is 9.47 Å². The Balaban J connectivity index is 4.85. The molecular weight excluding hydrogens is 530 g/mol. The van der Waals surface area contributed by atoms with Crippen LogP contribution < -0.4 is 0 Å². The number of hydrogen-bond donors (Lipinski definition) is 0. The fourth-order valence-corrected chi connectivity index (χ4v) is 2.53. The van der Waals surface area contributed by atoms with E-state index in [9.17, 15) is 71.1 Å². The van der Waals surface area contributed by atoms with E-state index in [1.54, 1.807) is 0 Å². The zero-order valence-corrected chi connectivity index (χ0v) is 16.7. The summed E-state index contributed by atoms with van der Waals surface area (Å²) in [6, 6.07) is 0. The number of alkyl halides is 14. The van der Waals surface area contributed by atoms with Crippen molar-refractivity contribution in [2.45, 2.75) is 62.1 Å². The molecule has 0 aromatic carbocycles. The lowest BCUT2D eigenvalue weighted by atomic mass is 10.1. The van der Waals surface area contributed by atoms with Gasteiger partial charge in [0.1, 0.15) is 12.2 Å². The molecule has 0 N–H and O–H groups in total. The molecule has 0 radical (unpaired) electrons. The lowest BCUT2D eigenvalue weighted by molar-refractivity contribution is -0.348. The summed E-state index contributed by atoms with van der Waals surface area (Å²) < 4.78 is 183. The zero-order valence-electron chi connectivity index (χ0n) is 15.9. The Morgan fingerprint density at radius 3 is 1.06 bits per heavy atom. The number of halogens is 14. The van der Waals surface area contributed by atoms with Gasteiger partial charge in [0.05, 0.1) is 0 Å². The maximum Gasteiger partial charge on any atom is 0.460 e. The summed E-state index contributed by atoms with van der Waals surface area (Å²) in [6.45, 7) is 1.45. The van der Waals surface area contributed by atoms with E-state index in [1.165, 1.54) is 0 Å². The molecule has 196 valence electrons. The Kier molecular flexibility index (Phi) is 9.38. The van der Waals surface area contributed by atoms with Crippen molar-refractivity contribution in [2.24, 2.45) is 0 Å². The average molecular weight is 542 g/mol. The minimum atomic E-state index is -6.81. The minimum Gasteiger partial charge on any atom is -0.457 e. The van der Waals surface area contributed by atoms with Gasteiger partial charge in [-0.25, -0.2) is 9.59 Å². The van der Waals surface area contributed by atoms with Crippen molar-refractivity contribution in [2.75, 3.05) is 11.5 Å². The molecule has 0 saturated heterocycles. The molecule has 2 unspecified atom stereocenters. The lowest BCUT2D eigenvalue weighted by Gasteiger charge is -2.28. The van der Waals surface area contributed by atoms with Crippen LogP contribution in [0.25, 0.3) is 0 Å². The number of thioether (sulfide) groups is 1. The van der Waals surface area contributed by atoms with E-state index in [4.69, 9.17) is 0 Å². The quantitative estimate of drug-likeness (QED) is 0.279. The van der Waals surface area contributed by atoms with E-state index in [-0.39, 0.29) is 0 Å². The Morgan fingerprint density at radius 1 is 0.606 bits per heavy atom. The van der Waals surface area contributed by atoms with Gasteiger partial charge in [-0.05, 0) is 13.8 Å². The molecule has 4 nitrogen and oxygen atoms in total. The van der Waals surface area contributed by atoms with E-state index in [1.807, 2.05) is 0 Å².